The van der Waals surface area contributed by atoms with Gasteiger partial charge in [-0.15, -0.1) is 0 Å². The molecule has 0 amide bonds. The molecule has 6 N–H and O–H groups in total. The Bertz CT molecular complexity index is 531. The van der Waals surface area contributed by atoms with Crippen molar-refractivity contribution in [1.82, 2.24) is 10.6 Å². The van der Waals surface area contributed by atoms with E-state index < -0.39 is 24.4 Å². The molecule has 26 heavy (non-hydrogen) atoms. The summed E-state index contributed by atoms with van der Waals surface area (Å²) in [5.41, 5.74) is 4.26. The van der Waals surface area contributed by atoms with Crippen LogP contribution in [-0.4, -0.2) is 57.9 Å². The van der Waals surface area contributed by atoms with Crippen LogP contribution in [-0.2, 0) is 25.9 Å². The van der Waals surface area contributed by atoms with Gasteiger partial charge >= 0.3 is 0 Å². The van der Waals surface area contributed by atoms with Gasteiger partial charge in [0.25, 0.3) is 0 Å². The van der Waals surface area contributed by atoms with Crippen molar-refractivity contribution in [1.29, 1.82) is 0 Å². The smallest absolute Gasteiger partial charge is 0.0636 e. The molecular weight excluding hydrogens is 332 g/mol. The van der Waals surface area contributed by atoms with Crippen LogP contribution in [0, 0.1) is 0 Å². The molecule has 0 aromatic heterocycles. The summed E-state index contributed by atoms with van der Waals surface area (Å²) in [6, 6.07) is 4.06. The van der Waals surface area contributed by atoms with E-state index in [1.165, 1.54) is 0 Å². The van der Waals surface area contributed by atoms with E-state index in [-0.39, 0.29) is 0 Å². The van der Waals surface area contributed by atoms with Crippen LogP contribution in [0.25, 0.3) is 0 Å². The van der Waals surface area contributed by atoms with Crippen LogP contribution in [0.4, 0.5) is 0 Å². The molecule has 0 aliphatic carbocycles. The molecule has 4 atom stereocenters. The maximum atomic E-state index is 9.98. The lowest BCUT2D eigenvalue weighted by Gasteiger charge is -2.22. The molecule has 0 aliphatic heterocycles. The fraction of sp³-hybridized carbons (Fsp3) is 0.700. The first kappa shape index (κ1) is 23.0. The summed E-state index contributed by atoms with van der Waals surface area (Å²) in [5.74, 6) is 0. The van der Waals surface area contributed by atoms with E-state index >= 15 is 0 Å². The molecular formula is C20H36N2O4. The minimum absolute atomic E-state index is 0.420. The van der Waals surface area contributed by atoms with Crippen LogP contribution in [0.5, 0.6) is 0 Å². The molecule has 150 valence electrons. The largest absolute Gasteiger partial charge is 0.393 e. The number of hydrogen-bond donors (Lipinski definition) is 6. The van der Waals surface area contributed by atoms with Crippen LogP contribution in [0.2, 0.25) is 0 Å². The van der Waals surface area contributed by atoms with Crippen LogP contribution in [0.15, 0.2) is 12.1 Å². The topological polar surface area (TPSA) is 105 Å². The maximum Gasteiger partial charge on any atom is 0.0636 e. The minimum atomic E-state index is -0.483. The molecule has 0 radical (unpaired) electrons. The van der Waals surface area contributed by atoms with Gasteiger partial charge in [-0.2, -0.15) is 0 Å². The molecule has 0 spiro atoms. The lowest BCUT2D eigenvalue weighted by atomic mass is 9.89. The molecule has 1 rings (SSSR count). The fourth-order valence-corrected chi connectivity index (χ4v) is 3.06. The third-order valence-corrected chi connectivity index (χ3v) is 4.14. The highest BCUT2D eigenvalue weighted by atomic mass is 16.3. The molecule has 0 saturated carbocycles. The monoisotopic (exact) mass is 368 g/mol. The van der Waals surface area contributed by atoms with Crippen molar-refractivity contribution >= 4 is 0 Å². The van der Waals surface area contributed by atoms with Gasteiger partial charge in [-0.3, -0.25) is 0 Å². The lowest BCUT2D eigenvalue weighted by molar-refractivity contribution is 0.187. The Hall–Kier alpha value is -1.02. The fourth-order valence-electron chi connectivity index (χ4n) is 3.06. The van der Waals surface area contributed by atoms with Crippen molar-refractivity contribution in [2.75, 3.05) is 13.1 Å². The lowest BCUT2D eigenvalue weighted by Crippen LogP contribution is -2.28. The van der Waals surface area contributed by atoms with Gasteiger partial charge in [0.05, 0.1) is 24.4 Å². The normalized spacial score (nSPS) is 16.3. The first-order chi connectivity index (χ1) is 12.2. The van der Waals surface area contributed by atoms with E-state index in [4.69, 9.17) is 0 Å². The Morgan fingerprint density at radius 1 is 0.654 bits per heavy atom. The Morgan fingerprint density at radius 2 is 1.15 bits per heavy atom. The molecule has 4 unspecified atom stereocenters. The van der Waals surface area contributed by atoms with E-state index in [0.717, 1.165) is 22.3 Å². The third-order valence-electron chi connectivity index (χ3n) is 4.14. The zero-order chi connectivity index (χ0) is 19.7. The predicted octanol–water partition coefficient (Wildman–Crippen LogP) is 0.474. The average Bonchev–Trinajstić information content (AvgIpc) is 2.50. The summed E-state index contributed by atoms with van der Waals surface area (Å²) in [7, 11) is 0. The summed E-state index contributed by atoms with van der Waals surface area (Å²) in [5, 5.41) is 45.3. The number of rotatable bonds is 12. The second-order valence-electron chi connectivity index (χ2n) is 7.41. The highest BCUT2D eigenvalue weighted by Crippen LogP contribution is 2.23. The number of benzene rings is 1. The second-order valence-corrected chi connectivity index (χ2v) is 7.41. The van der Waals surface area contributed by atoms with Gasteiger partial charge in [-0.25, -0.2) is 0 Å². The maximum absolute atomic E-state index is 9.98. The van der Waals surface area contributed by atoms with E-state index in [0.29, 0.717) is 39.0 Å². The average molecular weight is 369 g/mol. The van der Waals surface area contributed by atoms with Crippen LogP contribution < -0.4 is 10.6 Å². The number of nitrogens with one attached hydrogen (secondary N) is 2. The molecule has 0 heterocycles. The summed E-state index contributed by atoms with van der Waals surface area (Å²) >= 11 is 0. The van der Waals surface area contributed by atoms with Gasteiger partial charge < -0.3 is 31.1 Å². The molecule has 0 fully saturated rings. The molecule has 6 heteroatoms. The highest BCUT2D eigenvalue weighted by Gasteiger charge is 2.16. The van der Waals surface area contributed by atoms with Gasteiger partial charge in [0.1, 0.15) is 0 Å². The third kappa shape index (κ3) is 8.58. The van der Waals surface area contributed by atoms with Crippen LogP contribution >= 0.6 is 0 Å². The first-order valence-electron chi connectivity index (χ1n) is 9.46. The van der Waals surface area contributed by atoms with Gasteiger partial charge in [0.15, 0.2) is 0 Å². The Labute approximate surface area is 157 Å². The van der Waals surface area contributed by atoms with Crippen LogP contribution in [0.3, 0.4) is 0 Å². The summed E-state index contributed by atoms with van der Waals surface area (Å²) < 4.78 is 0. The van der Waals surface area contributed by atoms with E-state index in [1.54, 1.807) is 27.7 Å². The zero-order valence-electron chi connectivity index (χ0n) is 16.5. The summed E-state index contributed by atoms with van der Waals surface area (Å²) in [6.07, 6.45) is -0.736. The highest BCUT2D eigenvalue weighted by molar-refractivity contribution is 5.42. The molecule has 1 aromatic carbocycles. The van der Waals surface area contributed by atoms with Crippen molar-refractivity contribution < 1.29 is 20.4 Å². The molecule has 0 bridgehead atoms. The Balaban J connectivity index is 3.15. The molecule has 6 nitrogen and oxygen atoms in total. The SMILES string of the molecule is CC(O)CNCc1ccc(CC(C)O)c(CNCC(C)O)c1CC(C)O. The van der Waals surface area contributed by atoms with Gasteiger partial charge in [-0.05, 0) is 62.8 Å². The zero-order valence-corrected chi connectivity index (χ0v) is 16.5. The second kappa shape index (κ2) is 11.6. The van der Waals surface area contributed by atoms with Gasteiger partial charge in [0.2, 0.25) is 0 Å². The van der Waals surface area contributed by atoms with Crippen LogP contribution in [0.1, 0.15) is 49.9 Å². The van der Waals surface area contributed by atoms with Crippen molar-refractivity contribution in [3.8, 4) is 0 Å². The Morgan fingerprint density at radius 3 is 1.65 bits per heavy atom. The molecule has 0 aliphatic rings. The van der Waals surface area contributed by atoms with Crippen molar-refractivity contribution in [2.45, 2.75) is 78.0 Å². The van der Waals surface area contributed by atoms with E-state index in [1.807, 2.05) is 12.1 Å². The van der Waals surface area contributed by atoms with Gasteiger partial charge in [0, 0.05) is 26.2 Å². The number of aliphatic hydroxyl groups excluding tert-OH is 4. The Kier molecular flexibility index (Phi) is 10.3. The minimum Gasteiger partial charge on any atom is -0.393 e. The summed E-state index contributed by atoms with van der Waals surface area (Å²) in [4.78, 5) is 0. The van der Waals surface area contributed by atoms with Crippen molar-refractivity contribution in [3.05, 3.63) is 34.4 Å². The van der Waals surface area contributed by atoms with Gasteiger partial charge in [-0.1, -0.05) is 12.1 Å². The predicted molar refractivity (Wildman–Crippen MR) is 104 cm³/mol. The number of aliphatic hydroxyl groups is 4. The van der Waals surface area contributed by atoms with Crippen molar-refractivity contribution in [3.63, 3.8) is 0 Å². The summed E-state index contributed by atoms with van der Waals surface area (Å²) in [6.45, 7) is 9.15. The number of hydrogen-bond acceptors (Lipinski definition) is 6. The first-order valence-corrected chi connectivity index (χ1v) is 9.46. The molecule has 1 aromatic rings. The van der Waals surface area contributed by atoms with Crippen molar-refractivity contribution in [2.24, 2.45) is 0 Å². The van der Waals surface area contributed by atoms with E-state index in [9.17, 15) is 20.4 Å². The van der Waals surface area contributed by atoms with E-state index in [2.05, 4.69) is 10.6 Å². The quantitative estimate of drug-likeness (QED) is 0.321. The molecule has 0 saturated heterocycles. The standard InChI is InChI=1S/C20H36N2O4/c1-13(23)7-17-5-6-18(11-21-9-15(3)25)19(8-14(2)24)20(17)12-22-10-16(4)26/h5-6,13-16,21-26H,7-12H2,1-4H3.